The van der Waals surface area contributed by atoms with Crippen molar-refractivity contribution in [3.8, 4) is 11.5 Å². The number of methoxy groups -OCH3 is 2. The molecule has 0 bridgehead atoms. The van der Waals surface area contributed by atoms with E-state index in [1.54, 1.807) is 14.2 Å². The third kappa shape index (κ3) is 5.54. The lowest BCUT2D eigenvalue weighted by Gasteiger charge is -2.42. The van der Waals surface area contributed by atoms with Crippen molar-refractivity contribution in [1.82, 2.24) is 4.90 Å². The van der Waals surface area contributed by atoms with E-state index in [9.17, 15) is 9.59 Å². The van der Waals surface area contributed by atoms with Gasteiger partial charge in [0.25, 0.3) is 5.91 Å². The highest BCUT2D eigenvalue weighted by Crippen LogP contribution is 2.44. The average Bonchev–Trinajstić information content (AvgIpc) is 3.19. The smallest absolute Gasteiger partial charge is 0.255 e. The molecule has 0 spiro atoms. The summed E-state index contributed by atoms with van der Waals surface area (Å²) in [5.41, 5.74) is 7.47. The van der Waals surface area contributed by atoms with Gasteiger partial charge < -0.3 is 20.1 Å². The van der Waals surface area contributed by atoms with Gasteiger partial charge in [0, 0.05) is 12.1 Å². The second kappa shape index (κ2) is 11.9. The molecule has 2 aromatic rings. The van der Waals surface area contributed by atoms with Gasteiger partial charge in [-0.15, -0.1) is 0 Å². The predicted octanol–water partition coefficient (Wildman–Crippen LogP) is 5.57. The normalized spacial score (nSPS) is 14.6. The van der Waals surface area contributed by atoms with Crippen LogP contribution in [0, 0.1) is 0 Å². The van der Waals surface area contributed by atoms with Crippen LogP contribution in [0.2, 0.25) is 0 Å². The summed E-state index contributed by atoms with van der Waals surface area (Å²) in [5, 5.41) is 0. The minimum atomic E-state index is -0.856. The number of ether oxygens (including phenoxy) is 2. The monoisotopic (exact) mass is 466 g/mol. The number of nitrogens with two attached hydrogens (primary N) is 1. The maximum absolute atomic E-state index is 13.6. The zero-order valence-corrected chi connectivity index (χ0v) is 20.8. The molecule has 0 saturated carbocycles. The third-order valence-corrected chi connectivity index (χ3v) is 6.92. The fourth-order valence-corrected chi connectivity index (χ4v) is 5.11. The molecule has 0 fully saturated rings. The van der Waals surface area contributed by atoms with E-state index in [1.807, 2.05) is 47.4 Å². The van der Waals surface area contributed by atoms with E-state index in [0.29, 0.717) is 30.0 Å². The molecule has 34 heavy (non-hydrogen) atoms. The number of hydrogen-bond acceptors (Lipinski definition) is 4. The van der Waals surface area contributed by atoms with Crippen LogP contribution in [-0.2, 0) is 16.9 Å². The Morgan fingerprint density at radius 1 is 0.971 bits per heavy atom. The number of amides is 2. The van der Waals surface area contributed by atoms with E-state index >= 15 is 0 Å². The Labute approximate surface area is 203 Å². The van der Waals surface area contributed by atoms with Gasteiger partial charge in [-0.1, -0.05) is 76.1 Å². The second-order valence-electron chi connectivity index (χ2n) is 9.16. The number of rotatable bonds is 14. The van der Waals surface area contributed by atoms with Gasteiger partial charge in [-0.25, -0.2) is 0 Å². The van der Waals surface area contributed by atoms with E-state index < -0.39 is 11.4 Å². The third-order valence-electron chi connectivity index (χ3n) is 6.92. The molecule has 1 unspecified atom stereocenters. The summed E-state index contributed by atoms with van der Waals surface area (Å²) < 4.78 is 11.0. The Bertz CT molecular complexity index is 990. The van der Waals surface area contributed by atoms with Crippen LogP contribution in [0.3, 0.4) is 0 Å². The lowest BCUT2D eigenvalue weighted by atomic mass is 9.79. The lowest BCUT2D eigenvalue weighted by molar-refractivity contribution is -0.121. The molecule has 0 saturated heterocycles. The zero-order valence-electron chi connectivity index (χ0n) is 20.8. The van der Waals surface area contributed by atoms with Crippen molar-refractivity contribution in [2.45, 2.75) is 76.8 Å². The molecule has 184 valence electrons. The second-order valence-corrected chi connectivity index (χ2v) is 9.16. The maximum Gasteiger partial charge on any atom is 0.255 e. The summed E-state index contributed by atoms with van der Waals surface area (Å²) in [4.78, 5) is 27.9. The predicted molar refractivity (Wildman–Crippen MR) is 134 cm³/mol. The number of hydrogen-bond donors (Lipinski definition) is 1. The Morgan fingerprint density at radius 2 is 1.65 bits per heavy atom. The van der Waals surface area contributed by atoms with Crippen molar-refractivity contribution < 1.29 is 19.1 Å². The number of carbonyl (C=O) groups is 2. The first kappa shape index (κ1) is 25.6. The summed E-state index contributed by atoms with van der Waals surface area (Å²) in [6, 6.07) is 13.3. The Balaban J connectivity index is 1.98. The molecule has 1 heterocycles. The van der Waals surface area contributed by atoms with Crippen LogP contribution in [0.1, 0.15) is 86.2 Å². The van der Waals surface area contributed by atoms with Crippen LogP contribution in [0.15, 0.2) is 42.5 Å². The van der Waals surface area contributed by atoms with Crippen LogP contribution in [0.25, 0.3) is 0 Å². The minimum absolute atomic E-state index is 0.0536. The molecule has 1 aliphatic rings. The fraction of sp³-hybridized carbons (Fsp3) is 0.500. The van der Waals surface area contributed by atoms with Gasteiger partial charge in [0.2, 0.25) is 5.91 Å². The summed E-state index contributed by atoms with van der Waals surface area (Å²) in [5.74, 6) is 0.680. The van der Waals surface area contributed by atoms with Crippen molar-refractivity contribution in [3.63, 3.8) is 0 Å². The number of unbranched alkanes of at least 4 members (excludes halogenated alkanes) is 6. The van der Waals surface area contributed by atoms with Gasteiger partial charge >= 0.3 is 0 Å². The number of benzene rings is 2. The summed E-state index contributed by atoms with van der Waals surface area (Å²) >= 11 is 0. The van der Waals surface area contributed by atoms with Crippen molar-refractivity contribution in [2.24, 2.45) is 5.73 Å². The van der Waals surface area contributed by atoms with E-state index in [2.05, 4.69) is 6.92 Å². The highest BCUT2D eigenvalue weighted by molar-refractivity contribution is 5.99. The Hall–Kier alpha value is -3.02. The van der Waals surface area contributed by atoms with Crippen molar-refractivity contribution in [3.05, 3.63) is 59.2 Å². The first-order valence-corrected chi connectivity index (χ1v) is 12.4. The van der Waals surface area contributed by atoms with Gasteiger partial charge in [-0.3, -0.25) is 9.59 Å². The minimum Gasteiger partial charge on any atom is -0.493 e. The number of nitrogens with zero attached hydrogens (tertiary/aromatic N) is 1. The fourth-order valence-electron chi connectivity index (χ4n) is 5.11. The quantitative estimate of drug-likeness (QED) is 0.369. The molecule has 0 radical (unpaired) electrons. The summed E-state index contributed by atoms with van der Waals surface area (Å²) in [6.07, 6.45) is 8.74. The molecule has 1 aliphatic heterocycles. The molecule has 0 aromatic heterocycles. The van der Waals surface area contributed by atoms with E-state index in [1.165, 1.54) is 25.7 Å². The number of carbonyl (C=O) groups excluding carboxylic acids is 2. The largest absolute Gasteiger partial charge is 0.493 e. The molecule has 2 aromatic carbocycles. The first-order chi connectivity index (χ1) is 16.5. The highest BCUT2D eigenvalue weighted by atomic mass is 16.5. The lowest BCUT2D eigenvalue weighted by Crippen LogP contribution is -2.49. The Morgan fingerprint density at radius 3 is 2.29 bits per heavy atom. The van der Waals surface area contributed by atoms with Crippen molar-refractivity contribution in [2.75, 3.05) is 14.2 Å². The maximum atomic E-state index is 13.6. The van der Waals surface area contributed by atoms with Gasteiger partial charge in [0.05, 0.1) is 26.2 Å². The van der Waals surface area contributed by atoms with Crippen LogP contribution < -0.4 is 15.2 Å². The van der Waals surface area contributed by atoms with Gasteiger partial charge in [0.1, 0.15) is 0 Å². The standard InChI is InChI=1S/C28H38N2O4/c1-4-5-6-7-8-9-12-17-28(19-26(29)31,22-15-16-24(33-2)25(18-22)34-3)30-20-21-13-10-11-14-23(21)27(30)32/h10-11,13-16,18H,4-9,12,17,19-20H2,1-3H3,(H2,29,31). The average molecular weight is 467 g/mol. The summed E-state index contributed by atoms with van der Waals surface area (Å²) in [6.45, 7) is 2.67. The Kier molecular flexibility index (Phi) is 8.97. The molecule has 0 aliphatic carbocycles. The molecule has 2 N–H and O–H groups in total. The van der Waals surface area contributed by atoms with Crippen molar-refractivity contribution >= 4 is 11.8 Å². The molecule has 6 nitrogen and oxygen atoms in total. The van der Waals surface area contributed by atoms with Crippen LogP contribution >= 0.6 is 0 Å². The first-order valence-electron chi connectivity index (χ1n) is 12.4. The molecule has 3 rings (SSSR count). The van der Waals surface area contributed by atoms with Crippen LogP contribution in [0.4, 0.5) is 0 Å². The molecule has 1 atom stereocenters. The number of fused-ring (bicyclic) bond motifs is 1. The zero-order chi connectivity index (χ0) is 24.6. The van der Waals surface area contributed by atoms with E-state index in [-0.39, 0.29) is 12.3 Å². The van der Waals surface area contributed by atoms with Crippen molar-refractivity contribution in [1.29, 1.82) is 0 Å². The molecular formula is C28H38N2O4. The highest BCUT2D eigenvalue weighted by Gasteiger charge is 2.46. The molecule has 6 heteroatoms. The van der Waals surface area contributed by atoms with Crippen LogP contribution in [0.5, 0.6) is 11.5 Å². The van der Waals surface area contributed by atoms with Gasteiger partial charge in [-0.05, 0) is 35.7 Å². The van der Waals surface area contributed by atoms with Gasteiger partial charge in [0.15, 0.2) is 11.5 Å². The molecular weight excluding hydrogens is 428 g/mol. The topological polar surface area (TPSA) is 81.9 Å². The van der Waals surface area contributed by atoms with E-state index in [4.69, 9.17) is 15.2 Å². The molecule has 2 amide bonds. The van der Waals surface area contributed by atoms with E-state index in [0.717, 1.165) is 30.4 Å². The summed E-state index contributed by atoms with van der Waals surface area (Å²) in [7, 11) is 3.18. The van der Waals surface area contributed by atoms with Gasteiger partial charge in [-0.2, -0.15) is 0 Å². The van der Waals surface area contributed by atoms with Crippen LogP contribution in [-0.4, -0.2) is 30.9 Å². The number of primary amides is 1. The SMILES string of the molecule is CCCCCCCCCC(CC(N)=O)(c1ccc(OC)c(OC)c1)N1Cc2ccccc2C1=O.